The van der Waals surface area contributed by atoms with Gasteiger partial charge in [-0.3, -0.25) is 19.3 Å². The van der Waals surface area contributed by atoms with Gasteiger partial charge in [0.1, 0.15) is 11.6 Å². The molecule has 0 unspecified atom stereocenters. The van der Waals surface area contributed by atoms with Crippen LogP contribution in [0.15, 0.2) is 30.3 Å². The Morgan fingerprint density at radius 2 is 1.94 bits per heavy atom. The van der Waals surface area contributed by atoms with Crippen LogP contribution in [0.5, 0.6) is 0 Å². The molecule has 0 bridgehead atoms. The molecule has 4 amide bonds. The Morgan fingerprint density at radius 1 is 1.21 bits per heavy atom. The van der Waals surface area contributed by atoms with E-state index in [2.05, 4.69) is 16.0 Å². The molecule has 0 aliphatic carbocycles. The first-order chi connectivity index (χ1) is 16.1. The van der Waals surface area contributed by atoms with Gasteiger partial charge in [0.15, 0.2) is 0 Å². The number of amides is 4. The largest absolute Gasteiger partial charge is 0.444 e. The molecule has 2 aliphatic heterocycles. The van der Waals surface area contributed by atoms with Gasteiger partial charge >= 0.3 is 6.09 Å². The van der Waals surface area contributed by atoms with Crippen molar-refractivity contribution in [1.29, 1.82) is 0 Å². The summed E-state index contributed by atoms with van der Waals surface area (Å²) in [5.74, 6) is -0.679. The van der Waals surface area contributed by atoms with Crippen LogP contribution in [0.2, 0.25) is 0 Å². The van der Waals surface area contributed by atoms with Crippen LogP contribution in [-0.2, 0) is 20.9 Å². The highest BCUT2D eigenvalue weighted by Crippen LogP contribution is 2.25. The summed E-state index contributed by atoms with van der Waals surface area (Å²) in [6, 6.07) is 8.87. The van der Waals surface area contributed by atoms with E-state index < -0.39 is 23.1 Å². The summed E-state index contributed by atoms with van der Waals surface area (Å²) in [6.45, 7) is 6.74. The maximum atomic E-state index is 13.1. The smallest absolute Gasteiger partial charge is 0.410 e. The average Bonchev–Trinajstić information content (AvgIpc) is 3.41. The zero-order valence-electron chi connectivity index (χ0n) is 20.0. The van der Waals surface area contributed by atoms with Gasteiger partial charge in [0.25, 0.3) is 5.24 Å². The number of nitrogens with zero attached hydrogens (tertiary/aromatic N) is 1. The predicted molar refractivity (Wildman–Crippen MR) is 130 cm³/mol. The van der Waals surface area contributed by atoms with E-state index >= 15 is 0 Å². The van der Waals surface area contributed by atoms with Crippen molar-refractivity contribution in [2.75, 3.05) is 13.1 Å². The number of ether oxygens (including phenoxy) is 1. The standard InChI is InChI=1S/C24H34N4O5S/c1-24(2,3)33-23(32)28-13-7-10-18(28)21(30)27-19(14-17-11-12-25-20(17)29)34-22(31)26-15-16-8-5-4-6-9-16/h4-6,8-9,17-19H,7,10-15H2,1-3H3,(H,25,29)(H,26,31)(H,27,30)/t17-,18-,19+/m0/s1. The second-order valence-corrected chi connectivity index (χ2v) is 10.8. The number of carbonyl (C=O) groups is 4. The van der Waals surface area contributed by atoms with Crippen LogP contribution >= 0.6 is 11.8 Å². The van der Waals surface area contributed by atoms with E-state index in [9.17, 15) is 19.2 Å². The van der Waals surface area contributed by atoms with Crippen molar-refractivity contribution in [2.45, 2.75) is 70.0 Å². The van der Waals surface area contributed by atoms with Crippen molar-refractivity contribution >= 4 is 34.9 Å². The molecule has 1 aromatic rings. The topological polar surface area (TPSA) is 117 Å². The van der Waals surface area contributed by atoms with Crippen LogP contribution in [0.3, 0.4) is 0 Å². The molecule has 10 heteroatoms. The molecule has 2 heterocycles. The van der Waals surface area contributed by atoms with Crippen LogP contribution in [-0.4, -0.2) is 58.2 Å². The summed E-state index contributed by atoms with van der Waals surface area (Å²) in [5, 5.41) is 7.67. The van der Waals surface area contributed by atoms with E-state index in [0.29, 0.717) is 45.3 Å². The van der Waals surface area contributed by atoms with Gasteiger partial charge in [0.05, 0.1) is 5.37 Å². The Hall–Kier alpha value is -2.75. The maximum absolute atomic E-state index is 13.1. The van der Waals surface area contributed by atoms with Crippen LogP contribution in [0.4, 0.5) is 9.59 Å². The van der Waals surface area contributed by atoms with E-state index in [4.69, 9.17) is 4.74 Å². The predicted octanol–water partition coefficient (Wildman–Crippen LogP) is 3.00. The summed E-state index contributed by atoms with van der Waals surface area (Å²) in [5.41, 5.74) is 0.303. The highest BCUT2D eigenvalue weighted by Gasteiger charge is 2.38. The van der Waals surface area contributed by atoms with Crippen molar-refractivity contribution < 1.29 is 23.9 Å². The highest BCUT2D eigenvalue weighted by molar-refractivity contribution is 8.14. The van der Waals surface area contributed by atoms with Gasteiger partial charge < -0.3 is 20.7 Å². The Bertz CT molecular complexity index is 889. The lowest BCUT2D eigenvalue weighted by molar-refractivity contribution is -0.126. The summed E-state index contributed by atoms with van der Waals surface area (Å²) in [4.78, 5) is 51.9. The van der Waals surface area contributed by atoms with Gasteiger partial charge in [-0.25, -0.2) is 4.79 Å². The van der Waals surface area contributed by atoms with Gasteiger partial charge in [-0.05, 0) is 63.8 Å². The Kier molecular flexibility index (Phi) is 8.82. The molecule has 2 aliphatic rings. The fourth-order valence-corrected chi connectivity index (χ4v) is 4.96. The number of benzene rings is 1. The third-order valence-electron chi connectivity index (χ3n) is 5.68. The molecule has 3 atom stereocenters. The molecule has 3 rings (SSSR count). The monoisotopic (exact) mass is 490 g/mol. The Labute approximate surface area is 204 Å². The van der Waals surface area contributed by atoms with Gasteiger partial charge in [0.2, 0.25) is 11.8 Å². The van der Waals surface area contributed by atoms with Gasteiger partial charge in [-0.15, -0.1) is 0 Å². The Balaban J connectivity index is 1.62. The summed E-state index contributed by atoms with van der Waals surface area (Å²) in [6.07, 6.45) is 1.68. The quantitative estimate of drug-likeness (QED) is 0.506. The molecule has 2 saturated heterocycles. The second-order valence-electron chi connectivity index (χ2n) is 9.59. The third-order valence-corrected chi connectivity index (χ3v) is 6.63. The zero-order chi connectivity index (χ0) is 24.7. The summed E-state index contributed by atoms with van der Waals surface area (Å²) < 4.78 is 5.45. The van der Waals surface area contributed by atoms with E-state index in [1.54, 1.807) is 20.8 Å². The first kappa shape index (κ1) is 25.9. The number of hydrogen-bond donors (Lipinski definition) is 3. The molecule has 0 aromatic heterocycles. The molecule has 3 N–H and O–H groups in total. The van der Waals surface area contributed by atoms with E-state index in [1.165, 1.54) is 4.90 Å². The van der Waals surface area contributed by atoms with Gasteiger partial charge in [-0.2, -0.15) is 0 Å². The number of likely N-dealkylation sites (tertiary alicyclic amines) is 1. The average molecular weight is 491 g/mol. The number of rotatable bonds is 7. The molecular formula is C24H34N4O5S. The molecule has 1 aromatic carbocycles. The van der Waals surface area contributed by atoms with E-state index in [-0.39, 0.29) is 23.0 Å². The minimum atomic E-state index is -0.664. The zero-order valence-corrected chi connectivity index (χ0v) is 20.8. The highest BCUT2D eigenvalue weighted by atomic mass is 32.2. The van der Waals surface area contributed by atoms with Crippen molar-refractivity contribution in [3.8, 4) is 0 Å². The maximum Gasteiger partial charge on any atom is 0.410 e. The summed E-state index contributed by atoms with van der Waals surface area (Å²) >= 11 is 0.963. The van der Waals surface area contributed by atoms with Crippen molar-refractivity contribution in [1.82, 2.24) is 20.9 Å². The fourth-order valence-electron chi connectivity index (χ4n) is 4.04. The molecule has 0 radical (unpaired) electrons. The van der Waals surface area contributed by atoms with Crippen LogP contribution in [0.1, 0.15) is 52.0 Å². The first-order valence-corrected chi connectivity index (χ1v) is 12.6. The van der Waals surface area contributed by atoms with Crippen molar-refractivity contribution in [2.24, 2.45) is 5.92 Å². The lowest BCUT2D eigenvalue weighted by Gasteiger charge is -2.29. The third kappa shape index (κ3) is 7.65. The molecule has 0 spiro atoms. The first-order valence-electron chi connectivity index (χ1n) is 11.7. The van der Waals surface area contributed by atoms with Gasteiger partial charge in [-0.1, -0.05) is 30.3 Å². The molecular weight excluding hydrogens is 456 g/mol. The van der Waals surface area contributed by atoms with Gasteiger partial charge in [0, 0.05) is 25.6 Å². The van der Waals surface area contributed by atoms with Crippen molar-refractivity contribution in [3.63, 3.8) is 0 Å². The van der Waals surface area contributed by atoms with Crippen LogP contribution in [0, 0.1) is 5.92 Å². The molecule has 186 valence electrons. The van der Waals surface area contributed by atoms with Crippen LogP contribution in [0.25, 0.3) is 0 Å². The molecule has 34 heavy (non-hydrogen) atoms. The molecule has 0 saturated carbocycles. The van der Waals surface area contributed by atoms with Crippen molar-refractivity contribution in [3.05, 3.63) is 35.9 Å². The Morgan fingerprint density at radius 3 is 2.59 bits per heavy atom. The summed E-state index contributed by atoms with van der Waals surface area (Å²) in [7, 11) is 0. The van der Waals surface area contributed by atoms with E-state index in [0.717, 1.165) is 17.3 Å². The molecule has 9 nitrogen and oxygen atoms in total. The van der Waals surface area contributed by atoms with E-state index in [1.807, 2.05) is 30.3 Å². The number of nitrogens with one attached hydrogen (secondary N) is 3. The number of hydrogen-bond acceptors (Lipinski definition) is 6. The normalized spacial score (nSPS) is 21.0. The van der Waals surface area contributed by atoms with Crippen LogP contribution < -0.4 is 16.0 Å². The number of thioether (sulfide) groups is 1. The minimum absolute atomic E-state index is 0.0687. The molecule has 2 fully saturated rings. The lowest BCUT2D eigenvalue weighted by atomic mass is 10.0. The lowest BCUT2D eigenvalue weighted by Crippen LogP contribution is -2.50. The SMILES string of the molecule is CC(C)(C)OC(=O)N1CCC[C@H]1C(=O)N[C@@H](C[C@@H]1CCNC1=O)SC(=O)NCc1ccccc1. The minimum Gasteiger partial charge on any atom is -0.444 e. The number of carbonyl (C=O) groups excluding carboxylic acids is 4. The second kappa shape index (κ2) is 11.6. The fraction of sp³-hybridized carbons (Fsp3) is 0.583.